The van der Waals surface area contributed by atoms with Crippen LogP contribution in [0.15, 0.2) is 42.7 Å². The molecule has 0 saturated heterocycles. The number of primary amides is 1. The highest BCUT2D eigenvalue weighted by molar-refractivity contribution is 5.92. The molecule has 20 heavy (non-hydrogen) atoms. The number of amides is 1. The Kier molecular flexibility index (Phi) is 4.42. The van der Waals surface area contributed by atoms with Gasteiger partial charge in [0.15, 0.2) is 0 Å². The first-order chi connectivity index (χ1) is 9.58. The molecule has 2 aromatic rings. The van der Waals surface area contributed by atoms with Crippen LogP contribution >= 0.6 is 0 Å². The minimum absolute atomic E-state index is 0.0546. The topological polar surface area (TPSA) is 68.0 Å². The molecule has 104 valence electrons. The largest absolute Gasteiger partial charge is 0.366 e. The molecule has 0 saturated carbocycles. The minimum atomic E-state index is -0.632. The number of halogens is 1. The molecule has 1 aromatic heterocycles. The molecular weight excluding hydrogens is 257 g/mol. The molecule has 0 spiro atoms. The smallest absolute Gasteiger partial charge is 0.248 e. The van der Waals surface area contributed by atoms with Crippen LogP contribution in [0.2, 0.25) is 0 Å². The van der Waals surface area contributed by atoms with Crippen molar-refractivity contribution in [3.63, 3.8) is 0 Å². The van der Waals surface area contributed by atoms with E-state index in [1.807, 2.05) is 19.1 Å². The fourth-order valence-electron chi connectivity index (χ4n) is 1.86. The normalized spacial score (nSPS) is 12.1. The zero-order valence-electron chi connectivity index (χ0n) is 11.1. The van der Waals surface area contributed by atoms with E-state index in [0.29, 0.717) is 12.1 Å². The maximum absolute atomic E-state index is 13.8. The van der Waals surface area contributed by atoms with Crippen LogP contribution in [0.25, 0.3) is 0 Å². The van der Waals surface area contributed by atoms with Crippen LogP contribution in [0.3, 0.4) is 0 Å². The van der Waals surface area contributed by atoms with E-state index in [4.69, 9.17) is 5.73 Å². The van der Waals surface area contributed by atoms with E-state index in [1.54, 1.807) is 18.5 Å². The average molecular weight is 273 g/mol. The van der Waals surface area contributed by atoms with Crippen LogP contribution in [0, 0.1) is 5.82 Å². The van der Waals surface area contributed by atoms with Crippen LogP contribution in [0.5, 0.6) is 0 Å². The van der Waals surface area contributed by atoms with Gasteiger partial charge in [0.2, 0.25) is 5.91 Å². The van der Waals surface area contributed by atoms with Gasteiger partial charge in [-0.2, -0.15) is 0 Å². The number of carbonyl (C=O) groups excluding carboxylic acids is 1. The van der Waals surface area contributed by atoms with Gasteiger partial charge in [-0.25, -0.2) is 4.39 Å². The van der Waals surface area contributed by atoms with Crippen molar-refractivity contribution in [2.24, 2.45) is 5.73 Å². The number of rotatable bonds is 5. The summed E-state index contributed by atoms with van der Waals surface area (Å²) < 4.78 is 13.8. The van der Waals surface area contributed by atoms with Gasteiger partial charge >= 0.3 is 0 Å². The van der Waals surface area contributed by atoms with Crippen LogP contribution in [0.1, 0.15) is 34.5 Å². The number of hydrogen-bond acceptors (Lipinski definition) is 3. The molecule has 2 rings (SSSR count). The Morgan fingerprint density at radius 2 is 2.25 bits per heavy atom. The Morgan fingerprint density at radius 1 is 1.45 bits per heavy atom. The lowest BCUT2D eigenvalue weighted by Crippen LogP contribution is -2.19. The SMILES string of the molecule is CC(NCc1ccc(C(N)=O)cc1F)c1cccnc1. The summed E-state index contributed by atoms with van der Waals surface area (Å²) in [7, 11) is 0. The third-order valence-corrected chi connectivity index (χ3v) is 3.12. The van der Waals surface area contributed by atoms with E-state index in [0.717, 1.165) is 11.6 Å². The zero-order valence-corrected chi connectivity index (χ0v) is 11.1. The summed E-state index contributed by atoms with van der Waals surface area (Å²) in [5.74, 6) is -1.07. The number of nitrogens with zero attached hydrogens (tertiary/aromatic N) is 1. The zero-order chi connectivity index (χ0) is 14.5. The fraction of sp³-hybridized carbons (Fsp3) is 0.200. The van der Waals surface area contributed by atoms with Gasteiger partial charge in [0.1, 0.15) is 5.82 Å². The number of pyridine rings is 1. The molecule has 0 aliphatic carbocycles. The van der Waals surface area contributed by atoms with Gasteiger partial charge in [-0.05, 0) is 30.7 Å². The lowest BCUT2D eigenvalue weighted by molar-refractivity contribution is 0.1000. The highest BCUT2D eigenvalue weighted by Crippen LogP contribution is 2.14. The van der Waals surface area contributed by atoms with Crippen molar-refractivity contribution >= 4 is 5.91 Å². The molecule has 0 aliphatic heterocycles. The molecule has 0 aliphatic rings. The molecule has 0 bridgehead atoms. The van der Waals surface area contributed by atoms with Crippen molar-refractivity contribution in [2.75, 3.05) is 0 Å². The maximum atomic E-state index is 13.8. The highest BCUT2D eigenvalue weighted by atomic mass is 19.1. The van der Waals surface area contributed by atoms with Gasteiger partial charge in [0, 0.05) is 36.1 Å². The number of carbonyl (C=O) groups is 1. The van der Waals surface area contributed by atoms with Crippen molar-refractivity contribution < 1.29 is 9.18 Å². The minimum Gasteiger partial charge on any atom is -0.366 e. The van der Waals surface area contributed by atoms with Crippen molar-refractivity contribution in [3.05, 3.63) is 65.2 Å². The Bertz CT molecular complexity index is 601. The number of benzene rings is 1. The Labute approximate surface area is 116 Å². The van der Waals surface area contributed by atoms with Crippen LogP contribution in [-0.2, 0) is 6.54 Å². The van der Waals surface area contributed by atoms with Gasteiger partial charge < -0.3 is 11.1 Å². The first-order valence-corrected chi connectivity index (χ1v) is 6.29. The summed E-state index contributed by atoms with van der Waals surface area (Å²) in [5.41, 5.74) is 6.80. The average Bonchev–Trinajstić information content (AvgIpc) is 2.46. The molecule has 4 nitrogen and oxygen atoms in total. The van der Waals surface area contributed by atoms with Gasteiger partial charge in [-0.15, -0.1) is 0 Å². The second kappa shape index (κ2) is 6.25. The van der Waals surface area contributed by atoms with Crippen molar-refractivity contribution in [1.29, 1.82) is 0 Å². The number of hydrogen-bond donors (Lipinski definition) is 2. The molecule has 1 aromatic carbocycles. The fourth-order valence-corrected chi connectivity index (χ4v) is 1.86. The van der Waals surface area contributed by atoms with Crippen molar-refractivity contribution in [1.82, 2.24) is 10.3 Å². The number of nitrogens with one attached hydrogen (secondary N) is 1. The van der Waals surface area contributed by atoms with E-state index in [1.165, 1.54) is 6.07 Å². The molecule has 1 atom stereocenters. The van der Waals surface area contributed by atoms with Crippen LogP contribution in [-0.4, -0.2) is 10.9 Å². The molecular formula is C15H16FN3O. The van der Waals surface area contributed by atoms with Crippen LogP contribution in [0.4, 0.5) is 4.39 Å². The summed E-state index contributed by atoms with van der Waals surface area (Å²) in [4.78, 5) is 15.0. The summed E-state index contributed by atoms with van der Waals surface area (Å²) >= 11 is 0. The molecule has 1 unspecified atom stereocenters. The van der Waals surface area contributed by atoms with Gasteiger partial charge in [0.25, 0.3) is 0 Å². The third-order valence-electron chi connectivity index (χ3n) is 3.12. The first kappa shape index (κ1) is 14.1. The summed E-state index contributed by atoms with van der Waals surface area (Å²) in [6.07, 6.45) is 3.47. The van der Waals surface area contributed by atoms with Gasteiger partial charge in [0.05, 0.1) is 0 Å². The Hall–Kier alpha value is -2.27. The molecule has 0 radical (unpaired) electrons. The summed E-state index contributed by atoms with van der Waals surface area (Å²) in [6.45, 7) is 2.34. The molecule has 1 amide bonds. The summed E-state index contributed by atoms with van der Waals surface area (Å²) in [6, 6.07) is 8.12. The predicted octanol–water partition coefficient (Wildman–Crippen LogP) is 2.17. The second-order valence-electron chi connectivity index (χ2n) is 4.56. The molecule has 1 heterocycles. The van der Waals surface area contributed by atoms with Gasteiger partial charge in [-0.1, -0.05) is 12.1 Å². The maximum Gasteiger partial charge on any atom is 0.248 e. The molecule has 5 heteroatoms. The lowest BCUT2D eigenvalue weighted by Gasteiger charge is -2.14. The molecule has 3 N–H and O–H groups in total. The molecule has 0 fully saturated rings. The monoisotopic (exact) mass is 273 g/mol. The highest BCUT2D eigenvalue weighted by Gasteiger charge is 2.09. The lowest BCUT2D eigenvalue weighted by atomic mass is 10.1. The Balaban J connectivity index is 2.02. The first-order valence-electron chi connectivity index (χ1n) is 6.29. The van der Waals surface area contributed by atoms with E-state index >= 15 is 0 Å². The third kappa shape index (κ3) is 3.39. The second-order valence-corrected chi connectivity index (χ2v) is 4.56. The van der Waals surface area contributed by atoms with E-state index in [-0.39, 0.29) is 11.6 Å². The van der Waals surface area contributed by atoms with Gasteiger partial charge in [-0.3, -0.25) is 9.78 Å². The number of aromatic nitrogens is 1. The van der Waals surface area contributed by atoms with E-state index in [2.05, 4.69) is 10.3 Å². The number of nitrogens with two attached hydrogens (primary N) is 1. The Morgan fingerprint density at radius 3 is 2.85 bits per heavy atom. The summed E-state index contributed by atoms with van der Waals surface area (Å²) in [5, 5.41) is 3.21. The van der Waals surface area contributed by atoms with Crippen molar-refractivity contribution in [3.8, 4) is 0 Å². The van der Waals surface area contributed by atoms with E-state index in [9.17, 15) is 9.18 Å². The quantitative estimate of drug-likeness (QED) is 0.877. The van der Waals surface area contributed by atoms with Crippen molar-refractivity contribution in [2.45, 2.75) is 19.5 Å². The van der Waals surface area contributed by atoms with Crippen LogP contribution < -0.4 is 11.1 Å². The van der Waals surface area contributed by atoms with E-state index < -0.39 is 11.7 Å². The standard InChI is InChI=1S/C15H16FN3O/c1-10(12-3-2-6-18-8-12)19-9-13-5-4-11(15(17)20)7-14(13)16/h2-8,10,19H,9H2,1H3,(H2,17,20). The predicted molar refractivity (Wildman–Crippen MR) is 74.4 cm³/mol.